The molecule has 0 aromatic carbocycles. The van der Waals surface area contributed by atoms with E-state index in [9.17, 15) is 4.79 Å². The van der Waals surface area contributed by atoms with Gasteiger partial charge in [0.15, 0.2) is 5.65 Å². The maximum Gasteiger partial charge on any atom is 0.262 e. The van der Waals surface area contributed by atoms with Crippen LogP contribution in [0.5, 0.6) is 0 Å². The number of aromatic amines is 1. The number of H-pyrrole nitrogens is 1. The van der Waals surface area contributed by atoms with E-state index in [4.69, 9.17) is 5.73 Å². The van der Waals surface area contributed by atoms with Gasteiger partial charge in [-0.2, -0.15) is 5.10 Å². The molecule has 2 fully saturated rings. The van der Waals surface area contributed by atoms with Gasteiger partial charge in [0.2, 0.25) is 0 Å². The zero-order chi connectivity index (χ0) is 13.2. The predicted molar refractivity (Wildman–Crippen MR) is 71.0 cm³/mol. The Kier molecular flexibility index (Phi) is 2.02. The van der Waals surface area contributed by atoms with Crippen LogP contribution >= 0.6 is 0 Å². The molecule has 0 atom stereocenters. The molecule has 0 radical (unpaired) electrons. The number of hydrogen-bond acceptors (Lipinski definition) is 4. The van der Waals surface area contributed by atoms with Gasteiger partial charge in [0.05, 0.1) is 12.2 Å². The molecule has 2 aliphatic rings. The largest absolute Gasteiger partial charge is 0.324 e. The highest BCUT2D eigenvalue weighted by atomic mass is 16.1. The first kappa shape index (κ1) is 11.2. The van der Waals surface area contributed by atoms with Crippen molar-refractivity contribution in [3.8, 4) is 0 Å². The van der Waals surface area contributed by atoms with E-state index in [1.165, 1.54) is 0 Å². The molecule has 0 unspecified atom stereocenters. The second kappa shape index (κ2) is 3.45. The molecular weight excluding hydrogens is 242 g/mol. The van der Waals surface area contributed by atoms with Gasteiger partial charge in [-0.1, -0.05) is 0 Å². The van der Waals surface area contributed by atoms with Crippen molar-refractivity contribution < 1.29 is 0 Å². The summed E-state index contributed by atoms with van der Waals surface area (Å²) in [5.41, 5.74) is 7.56. The van der Waals surface area contributed by atoms with Gasteiger partial charge in [-0.05, 0) is 32.6 Å². The summed E-state index contributed by atoms with van der Waals surface area (Å²) in [6.45, 7) is 2.45. The minimum absolute atomic E-state index is 0.0717. The fraction of sp³-hybridized carbons (Fsp3) is 0.615. The number of fused-ring (bicyclic) bond motifs is 1. The lowest BCUT2D eigenvalue weighted by molar-refractivity contribution is 0.505. The Morgan fingerprint density at radius 1 is 1.47 bits per heavy atom. The van der Waals surface area contributed by atoms with Crippen LogP contribution in [0.25, 0.3) is 11.0 Å². The van der Waals surface area contributed by atoms with Crippen molar-refractivity contribution >= 4 is 11.0 Å². The third kappa shape index (κ3) is 1.78. The van der Waals surface area contributed by atoms with Crippen molar-refractivity contribution in [2.75, 3.05) is 0 Å². The number of hydrogen-bond donors (Lipinski definition) is 2. The van der Waals surface area contributed by atoms with E-state index >= 15 is 0 Å². The Morgan fingerprint density at radius 2 is 2.21 bits per heavy atom. The molecule has 2 aromatic rings. The van der Waals surface area contributed by atoms with Crippen LogP contribution < -0.4 is 11.3 Å². The standard InChI is InChI=1S/C13H17N5O/c1-7-15-11-9(12(19)16-7)10(8-2-3-8)17-18(11)6-13(14)4-5-13/h8H,2-6,14H2,1H3,(H,15,16,19). The van der Waals surface area contributed by atoms with Crippen LogP contribution in [0.3, 0.4) is 0 Å². The molecule has 4 rings (SSSR count). The van der Waals surface area contributed by atoms with E-state index in [-0.39, 0.29) is 11.1 Å². The molecule has 6 nitrogen and oxygen atoms in total. The van der Waals surface area contributed by atoms with Gasteiger partial charge in [-0.3, -0.25) is 4.79 Å². The van der Waals surface area contributed by atoms with Crippen LogP contribution in [0.4, 0.5) is 0 Å². The molecular formula is C13H17N5O. The van der Waals surface area contributed by atoms with Crippen LogP contribution in [0, 0.1) is 6.92 Å². The number of aryl methyl sites for hydroxylation is 1. The Morgan fingerprint density at radius 3 is 2.84 bits per heavy atom. The molecule has 0 saturated heterocycles. The molecule has 2 saturated carbocycles. The summed E-state index contributed by atoms with van der Waals surface area (Å²) < 4.78 is 1.85. The van der Waals surface area contributed by atoms with Gasteiger partial charge < -0.3 is 10.7 Å². The first-order valence-corrected chi connectivity index (χ1v) is 6.82. The highest BCUT2D eigenvalue weighted by Gasteiger charge is 2.40. The van der Waals surface area contributed by atoms with Gasteiger partial charge in [0.25, 0.3) is 5.56 Å². The molecule has 0 aliphatic heterocycles. The van der Waals surface area contributed by atoms with Crippen LogP contribution in [-0.4, -0.2) is 25.3 Å². The summed E-state index contributed by atoms with van der Waals surface area (Å²) in [6, 6.07) is 0. The van der Waals surface area contributed by atoms with Gasteiger partial charge in [0.1, 0.15) is 11.2 Å². The molecule has 19 heavy (non-hydrogen) atoms. The SMILES string of the molecule is Cc1nc2c(c(C3CC3)nn2CC2(N)CC2)c(=O)[nH]1. The molecule has 2 aliphatic carbocycles. The van der Waals surface area contributed by atoms with Gasteiger partial charge >= 0.3 is 0 Å². The summed E-state index contributed by atoms with van der Waals surface area (Å²) in [6.07, 6.45) is 4.28. The maximum absolute atomic E-state index is 12.2. The zero-order valence-corrected chi connectivity index (χ0v) is 10.9. The third-order valence-corrected chi connectivity index (χ3v) is 4.07. The predicted octanol–water partition coefficient (Wildman–Crippen LogP) is 0.797. The maximum atomic E-state index is 12.2. The van der Waals surface area contributed by atoms with E-state index in [0.29, 0.717) is 29.3 Å². The molecule has 100 valence electrons. The summed E-state index contributed by atoms with van der Waals surface area (Å²) in [7, 11) is 0. The van der Waals surface area contributed by atoms with Crippen LogP contribution in [0.1, 0.15) is 43.1 Å². The van der Waals surface area contributed by atoms with E-state index in [0.717, 1.165) is 31.4 Å². The quantitative estimate of drug-likeness (QED) is 0.853. The van der Waals surface area contributed by atoms with E-state index < -0.39 is 0 Å². The van der Waals surface area contributed by atoms with Crippen molar-refractivity contribution in [2.45, 2.75) is 50.6 Å². The number of nitrogens with zero attached hydrogens (tertiary/aromatic N) is 3. The number of nitrogens with one attached hydrogen (secondary N) is 1. The highest BCUT2D eigenvalue weighted by Crippen LogP contribution is 2.42. The topological polar surface area (TPSA) is 89.6 Å². The van der Waals surface area contributed by atoms with Crippen molar-refractivity contribution in [2.24, 2.45) is 5.73 Å². The molecule has 3 N–H and O–H groups in total. The molecule has 0 bridgehead atoms. The first-order chi connectivity index (χ1) is 9.06. The number of aromatic nitrogens is 4. The van der Waals surface area contributed by atoms with Gasteiger partial charge in [-0.15, -0.1) is 0 Å². The summed E-state index contributed by atoms with van der Waals surface area (Å²) >= 11 is 0. The Labute approximate surface area is 110 Å². The Hall–Kier alpha value is -1.69. The fourth-order valence-electron chi connectivity index (χ4n) is 2.59. The minimum Gasteiger partial charge on any atom is -0.324 e. The van der Waals surface area contributed by atoms with E-state index in [1.54, 1.807) is 6.92 Å². The molecule has 2 aromatic heterocycles. The second-order valence-electron chi connectivity index (χ2n) is 6.03. The monoisotopic (exact) mass is 259 g/mol. The average Bonchev–Trinajstić information content (AvgIpc) is 3.23. The molecule has 6 heteroatoms. The second-order valence-corrected chi connectivity index (χ2v) is 6.03. The lowest BCUT2D eigenvalue weighted by atomic mass is 10.2. The van der Waals surface area contributed by atoms with Crippen molar-refractivity contribution in [3.05, 3.63) is 21.9 Å². The normalized spacial score (nSPS) is 20.9. The summed E-state index contributed by atoms with van der Waals surface area (Å²) in [4.78, 5) is 19.4. The zero-order valence-electron chi connectivity index (χ0n) is 10.9. The van der Waals surface area contributed by atoms with E-state index in [2.05, 4.69) is 15.1 Å². The number of nitrogens with two attached hydrogens (primary N) is 1. The first-order valence-electron chi connectivity index (χ1n) is 6.82. The van der Waals surface area contributed by atoms with Crippen LogP contribution in [0.15, 0.2) is 4.79 Å². The fourth-order valence-corrected chi connectivity index (χ4v) is 2.59. The Balaban J connectivity index is 1.94. The highest BCUT2D eigenvalue weighted by molar-refractivity contribution is 5.78. The van der Waals surface area contributed by atoms with Crippen LogP contribution in [0.2, 0.25) is 0 Å². The third-order valence-electron chi connectivity index (χ3n) is 4.07. The molecule has 2 heterocycles. The number of rotatable bonds is 3. The lowest BCUT2D eigenvalue weighted by Gasteiger charge is -2.08. The van der Waals surface area contributed by atoms with E-state index in [1.807, 2.05) is 4.68 Å². The van der Waals surface area contributed by atoms with Crippen molar-refractivity contribution in [3.63, 3.8) is 0 Å². The summed E-state index contributed by atoms with van der Waals surface area (Å²) in [5.74, 6) is 1.06. The Bertz CT molecular complexity index is 720. The van der Waals surface area contributed by atoms with Crippen LogP contribution in [-0.2, 0) is 6.54 Å². The van der Waals surface area contributed by atoms with Gasteiger partial charge in [-0.25, -0.2) is 9.67 Å². The minimum atomic E-state index is -0.141. The average molecular weight is 259 g/mol. The smallest absolute Gasteiger partial charge is 0.262 e. The molecule has 0 amide bonds. The molecule has 0 spiro atoms. The summed E-state index contributed by atoms with van der Waals surface area (Å²) in [5, 5.41) is 5.30. The lowest BCUT2D eigenvalue weighted by Crippen LogP contribution is -2.29. The van der Waals surface area contributed by atoms with Gasteiger partial charge in [0, 0.05) is 11.5 Å². The van der Waals surface area contributed by atoms with Crippen molar-refractivity contribution in [1.82, 2.24) is 19.7 Å². The van der Waals surface area contributed by atoms with Crippen molar-refractivity contribution in [1.29, 1.82) is 0 Å².